The third-order valence-electron chi connectivity index (χ3n) is 4.60. The van der Waals surface area contributed by atoms with Gasteiger partial charge in [-0.15, -0.1) is 10.2 Å². The Kier molecular flexibility index (Phi) is 4.92. The number of amides is 1. The summed E-state index contributed by atoms with van der Waals surface area (Å²) in [7, 11) is 1.89. The van der Waals surface area contributed by atoms with Gasteiger partial charge in [-0.25, -0.2) is 0 Å². The summed E-state index contributed by atoms with van der Waals surface area (Å²) in [6, 6.07) is 15.8. The van der Waals surface area contributed by atoms with E-state index in [1.54, 1.807) is 6.26 Å². The monoisotopic (exact) mass is 392 g/mol. The van der Waals surface area contributed by atoms with Crippen LogP contribution in [0.25, 0.3) is 22.2 Å². The molecule has 0 saturated carbocycles. The van der Waals surface area contributed by atoms with Crippen LogP contribution in [0, 0.1) is 6.92 Å². The summed E-state index contributed by atoms with van der Waals surface area (Å²) in [4.78, 5) is 12.6. The zero-order valence-corrected chi connectivity index (χ0v) is 16.7. The minimum absolute atomic E-state index is 0.0793. The number of rotatable bonds is 5. The molecule has 1 atom stereocenters. The summed E-state index contributed by atoms with van der Waals surface area (Å²) in [6.45, 7) is 3.75. The molecule has 28 heavy (non-hydrogen) atoms. The summed E-state index contributed by atoms with van der Waals surface area (Å²) in [6.07, 6.45) is 1.63. The van der Waals surface area contributed by atoms with Crippen molar-refractivity contribution in [2.45, 2.75) is 24.3 Å². The highest BCUT2D eigenvalue weighted by Gasteiger charge is 2.20. The van der Waals surface area contributed by atoms with E-state index in [1.165, 1.54) is 11.8 Å². The third kappa shape index (κ3) is 3.53. The molecule has 0 saturated heterocycles. The smallest absolute Gasteiger partial charge is 0.237 e. The summed E-state index contributed by atoms with van der Waals surface area (Å²) >= 11 is 1.37. The van der Waals surface area contributed by atoms with Crippen LogP contribution in [-0.2, 0) is 11.8 Å². The van der Waals surface area contributed by atoms with Crippen molar-refractivity contribution >= 4 is 34.1 Å². The molecule has 0 unspecified atom stereocenters. The number of nitrogens with zero attached hydrogens (tertiary/aromatic N) is 3. The maximum absolute atomic E-state index is 12.6. The lowest BCUT2D eigenvalue weighted by molar-refractivity contribution is -0.115. The van der Waals surface area contributed by atoms with E-state index >= 15 is 0 Å². The van der Waals surface area contributed by atoms with E-state index in [-0.39, 0.29) is 11.2 Å². The molecule has 1 N–H and O–H groups in total. The topological polar surface area (TPSA) is 72.9 Å². The Labute approximate surface area is 167 Å². The number of nitrogens with one attached hydrogen (secondary N) is 1. The quantitative estimate of drug-likeness (QED) is 0.500. The maximum atomic E-state index is 12.6. The molecule has 142 valence electrons. The SMILES string of the molecule is Cc1occc1-c1nnc(S[C@H](C)C(=O)Nc2ccc3ccccc3c2)n1C. The van der Waals surface area contributed by atoms with Gasteiger partial charge < -0.3 is 14.3 Å². The number of hydrogen-bond donors (Lipinski definition) is 1. The van der Waals surface area contributed by atoms with E-state index in [9.17, 15) is 4.79 Å². The molecule has 2 aromatic carbocycles. The average Bonchev–Trinajstić information content (AvgIpc) is 3.27. The Morgan fingerprint density at radius 1 is 1.14 bits per heavy atom. The molecule has 4 aromatic rings. The van der Waals surface area contributed by atoms with E-state index in [1.807, 2.05) is 74.0 Å². The van der Waals surface area contributed by atoms with Crippen LogP contribution in [0.5, 0.6) is 0 Å². The predicted molar refractivity (Wildman–Crippen MR) is 111 cm³/mol. The molecule has 2 heterocycles. The first-order valence-electron chi connectivity index (χ1n) is 8.93. The second-order valence-electron chi connectivity index (χ2n) is 6.57. The molecule has 0 radical (unpaired) electrons. The molecule has 4 rings (SSSR count). The summed E-state index contributed by atoms with van der Waals surface area (Å²) in [5.74, 6) is 1.43. The third-order valence-corrected chi connectivity index (χ3v) is 5.74. The van der Waals surface area contributed by atoms with Crippen molar-refractivity contribution in [3.63, 3.8) is 0 Å². The number of benzene rings is 2. The van der Waals surface area contributed by atoms with Gasteiger partial charge in [0, 0.05) is 12.7 Å². The number of aromatic nitrogens is 3. The number of fused-ring (bicyclic) bond motifs is 1. The summed E-state index contributed by atoms with van der Waals surface area (Å²) in [5.41, 5.74) is 1.68. The lowest BCUT2D eigenvalue weighted by atomic mass is 10.1. The van der Waals surface area contributed by atoms with Gasteiger partial charge in [-0.2, -0.15) is 0 Å². The number of carbonyl (C=O) groups is 1. The minimum atomic E-state index is -0.326. The van der Waals surface area contributed by atoms with Crippen molar-refractivity contribution in [1.82, 2.24) is 14.8 Å². The normalized spacial score (nSPS) is 12.2. The molecular formula is C21H20N4O2S. The number of carbonyl (C=O) groups excluding carboxylic acids is 1. The van der Waals surface area contributed by atoms with Gasteiger partial charge in [0.1, 0.15) is 5.76 Å². The largest absolute Gasteiger partial charge is 0.469 e. The van der Waals surface area contributed by atoms with Crippen LogP contribution in [0.15, 0.2) is 64.4 Å². The van der Waals surface area contributed by atoms with Gasteiger partial charge in [-0.3, -0.25) is 4.79 Å². The Hall–Kier alpha value is -3.06. The fourth-order valence-corrected chi connectivity index (χ4v) is 3.81. The highest BCUT2D eigenvalue weighted by molar-refractivity contribution is 8.00. The highest BCUT2D eigenvalue weighted by Crippen LogP contribution is 2.28. The molecule has 0 aliphatic rings. The van der Waals surface area contributed by atoms with E-state index in [2.05, 4.69) is 15.5 Å². The number of hydrogen-bond acceptors (Lipinski definition) is 5. The van der Waals surface area contributed by atoms with Crippen molar-refractivity contribution in [3.05, 3.63) is 60.6 Å². The molecule has 0 aliphatic heterocycles. The van der Waals surface area contributed by atoms with Crippen molar-refractivity contribution in [2.75, 3.05) is 5.32 Å². The van der Waals surface area contributed by atoms with Crippen LogP contribution in [0.3, 0.4) is 0 Å². The molecule has 6 nitrogen and oxygen atoms in total. The first-order chi connectivity index (χ1) is 13.5. The highest BCUT2D eigenvalue weighted by atomic mass is 32.2. The predicted octanol–water partition coefficient (Wildman–Crippen LogP) is 4.66. The molecule has 0 aliphatic carbocycles. The van der Waals surface area contributed by atoms with Crippen molar-refractivity contribution in [3.8, 4) is 11.4 Å². The van der Waals surface area contributed by atoms with Gasteiger partial charge in [0.05, 0.1) is 17.1 Å². The lowest BCUT2D eigenvalue weighted by Gasteiger charge is -2.12. The van der Waals surface area contributed by atoms with Gasteiger partial charge in [0.2, 0.25) is 5.91 Å². The maximum Gasteiger partial charge on any atom is 0.237 e. The first-order valence-corrected chi connectivity index (χ1v) is 9.81. The molecular weight excluding hydrogens is 372 g/mol. The van der Waals surface area contributed by atoms with Gasteiger partial charge in [0.15, 0.2) is 11.0 Å². The van der Waals surface area contributed by atoms with Crippen molar-refractivity contribution in [1.29, 1.82) is 0 Å². The van der Waals surface area contributed by atoms with Crippen LogP contribution in [0.4, 0.5) is 5.69 Å². The van der Waals surface area contributed by atoms with Gasteiger partial charge in [-0.05, 0) is 42.8 Å². The summed E-state index contributed by atoms with van der Waals surface area (Å²) in [5, 5.41) is 14.1. The molecule has 0 fully saturated rings. The zero-order valence-electron chi connectivity index (χ0n) is 15.8. The molecule has 0 bridgehead atoms. The van der Waals surface area contributed by atoms with Crippen LogP contribution in [0.2, 0.25) is 0 Å². The second-order valence-corrected chi connectivity index (χ2v) is 7.87. The Bertz CT molecular complexity index is 1150. The van der Waals surface area contributed by atoms with Crippen molar-refractivity contribution < 1.29 is 9.21 Å². The van der Waals surface area contributed by atoms with Crippen LogP contribution in [0.1, 0.15) is 12.7 Å². The van der Waals surface area contributed by atoms with Gasteiger partial charge >= 0.3 is 0 Å². The number of aryl methyl sites for hydroxylation is 1. The lowest BCUT2D eigenvalue weighted by Crippen LogP contribution is -2.22. The Morgan fingerprint density at radius 2 is 1.93 bits per heavy atom. The molecule has 1 amide bonds. The fraction of sp³-hybridized carbons (Fsp3) is 0.190. The second kappa shape index (κ2) is 7.52. The molecule has 0 spiro atoms. The van der Waals surface area contributed by atoms with Gasteiger partial charge in [0.25, 0.3) is 0 Å². The van der Waals surface area contributed by atoms with Crippen LogP contribution >= 0.6 is 11.8 Å². The first kappa shape index (κ1) is 18.3. The van der Waals surface area contributed by atoms with E-state index in [0.29, 0.717) is 5.16 Å². The number of thioether (sulfide) groups is 1. The fourth-order valence-electron chi connectivity index (χ4n) is 2.99. The van der Waals surface area contributed by atoms with Crippen LogP contribution in [-0.4, -0.2) is 25.9 Å². The standard InChI is InChI=1S/C21H20N4O2S/c1-13-18(10-11-27-13)19-23-24-21(25(19)3)28-14(2)20(26)22-17-9-8-15-6-4-5-7-16(15)12-17/h4-12,14H,1-3H3,(H,22,26)/t14-/m1/s1. The van der Waals surface area contributed by atoms with E-state index < -0.39 is 0 Å². The molecule has 7 heteroatoms. The molecule has 2 aromatic heterocycles. The number of furan rings is 1. The van der Waals surface area contributed by atoms with Crippen molar-refractivity contribution in [2.24, 2.45) is 7.05 Å². The van der Waals surface area contributed by atoms with Gasteiger partial charge in [-0.1, -0.05) is 42.1 Å². The Balaban J connectivity index is 1.47. The minimum Gasteiger partial charge on any atom is -0.469 e. The summed E-state index contributed by atoms with van der Waals surface area (Å²) < 4.78 is 7.22. The number of anilines is 1. The van der Waals surface area contributed by atoms with E-state index in [0.717, 1.165) is 33.6 Å². The zero-order chi connectivity index (χ0) is 19.7. The average molecular weight is 392 g/mol. The Morgan fingerprint density at radius 3 is 2.68 bits per heavy atom. The van der Waals surface area contributed by atoms with Crippen LogP contribution < -0.4 is 5.32 Å². The van der Waals surface area contributed by atoms with E-state index in [4.69, 9.17) is 4.42 Å².